The molecular formula is C12H13N3O3S. The Morgan fingerprint density at radius 2 is 2.37 bits per heavy atom. The highest BCUT2D eigenvalue weighted by atomic mass is 32.2. The van der Waals surface area contributed by atoms with Crippen LogP contribution in [0.1, 0.15) is 5.56 Å². The summed E-state index contributed by atoms with van der Waals surface area (Å²) in [6.07, 6.45) is 3.47. The lowest BCUT2D eigenvalue weighted by Crippen LogP contribution is -2.12. The predicted octanol–water partition coefficient (Wildman–Crippen LogP) is 1.74. The summed E-state index contributed by atoms with van der Waals surface area (Å²) in [5.74, 6) is -0.402. The molecule has 0 amide bonds. The molecule has 0 aromatic heterocycles. The number of nitrogens with zero attached hydrogens (tertiary/aromatic N) is 2. The van der Waals surface area contributed by atoms with Crippen LogP contribution in [0.25, 0.3) is 0 Å². The standard InChI is InChI=1S/C12H13N3O3S/c1-18-10-4-3-8(6-11(16)17)5-9(10)15-12(19-2)14-7-13/h3-5H,6H2,1-2H3,(H,14,15)(H,16,17). The molecule has 0 radical (unpaired) electrons. The van der Waals surface area contributed by atoms with Gasteiger partial charge in [-0.25, -0.2) is 4.99 Å². The Balaban J connectivity index is 3.15. The molecule has 0 spiro atoms. The van der Waals surface area contributed by atoms with Crippen LogP contribution in [0.2, 0.25) is 0 Å². The quantitative estimate of drug-likeness (QED) is 0.377. The molecule has 1 rings (SSSR count). The largest absolute Gasteiger partial charge is 0.494 e. The maximum absolute atomic E-state index is 10.7. The second kappa shape index (κ2) is 7.28. The molecule has 1 aromatic carbocycles. The number of methoxy groups -OCH3 is 1. The number of ether oxygens (including phenoxy) is 1. The van der Waals surface area contributed by atoms with E-state index in [0.29, 0.717) is 22.2 Å². The van der Waals surface area contributed by atoms with E-state index >= 15 is 0 Å². The van der Waals surface area contributed by atoms with Gasteiger partial charge in [-0.15, -0.1) is 0 Å². The van der Waals surface area contributed by atoms with Crippen LogP contribution in [0.15, 0.2) is 23.2 Å². The van der Waals surface area contributed by atoms with E-state index in [2.05, 4.69) is 10.3 Å². The first-order valence-corrected chi connectivity index (χ1v) is 6.49. The van der Waals surface area contributed by atoms with Crippen LogP contribution in [0, 0.1) is 11.5 Å². The van der Waals surface area contributed by atoms with E-state index in [4.69, 9.17) is 15.1 Å². The topological polar surface area (TPSA) is 94.7 Å². The summed E-state index contributed by atoms with van der Waals surface area (Å²) in [6.45, 7) is 0. The average molecular weight is 279 g/mol. The highest BCUT2D eigenvalue weighted by Crippen LogP contribution is 2.29. The van der Waals surface area contributed by atoms with Crippen molar-refractivity contribution in [2.24, 2.45) is 4.99 Å². The van der Waals surface area contributed by atoms with Gasteiger partial charge in [-0.05, 0) is 24.0 Å². The molecule has 0 fully saturated rings. The van der Waals surface area contributed by atoms with Crippen LogP contribution in [0.4, 0.5) is 5.69 Å². The van der Waals surface area contributed by atoms with E-state index in [1.165, 1.54) is 18.9 Å². The highest BCUT2D eigenvalue weighted by molar-refractivity contribution is 8.13. The SMILES string of the molecule is COc1ccc(CC(=O)O)cc1N=C(NC#N)SC. The summed E-state index contributed by atoms with van der Waals surface area (Å²) < 4.78 is 5.15. The zero-order chi connectivity index (χ0) is 14.3. The van der Waals surface area contributed by atoms with Crippen molar-refractivity contribution in [2.75, 3.05) is 13.4 Å². The summed E-state index contributed by atoms with van der Waals surface area (Å²) in [5, 5.41) is 20.2. The van der Waals surface area contributed by atoms with E-state index in [0.717, 1.165) is 0 Å². The zero-order valence-electron chi connectivity index (χ0n) is 10.5. The number of aliphatic imine (C=N–C) groups is 1. The molecule has 100 valence electrons. The minimum Gasteiger partial charge on any atom is -0.494 e. The predicted molar refractivity (Wildman–Crippen MR) is 73.7 cm³/mol. The molecule has 0 unspecified atom stereocenters. The minimum absolute atomic E-state index is 0.0905. The maximum Gasteiger partial charge on any atom is 0.307 e. The van der Waals surface area contributed by atoms with Gasteiger partial charge in [-0.3, -0.25) is 10.1 Å². The fourth-order valence-corrected chi connectivity index (χ4v) is 1.73. The molecule has 0 aliphatic rings. The number of carboxylic acid groups (broad SMARTS) is 1. The molecule has 0 saturated carbocycles. The Morgan fingerprint density at radius 3 is 2.89 bits per heavy atom. The second-order valence-electron chi connectivity index (χ2n) is 3.43. The zero-order valence-corrected chi connectivity index (χ0v) is 11.3. The van der Waals surface area contributed by atoms with Gasteiger partial charge >= 0.3 is 5.97 Å². The van der Waals surface area contributed by atoms with Gasteiger partial charge in [0.15, 0.2) is 11.4 Å². The number of nitrogens with one attached hydrogen (secondary N) is 1. The molecular weight excluding hydrogens is 266 g/mol. The second-order valence-corrected chi connectivity index (χ2v) is 4.23. The van der Waals surface area contributed by atoms with Gasteiger partial charge in [0.1, 0.15) is 11.4 Å². The van der Waals surface area contributed by atoms with E-state index in [1.54, 1.807) is 30.6 Å². The van der Waals surface area contributed by atoms with Crippen molar-refractivity contribution in [3.05, 3.63) is 23.8 Å². The first kappa shape index (κ1) is 14.9. The normalized spacial score (nSPS) is 10.7. The highest BCUT2D eigenvalue weighted by Gasteiger charge is 2.07. The Bertz CT molecular complexity index is 538. The van der Waals surface area contributed by atoms with Crippen LogP contribution in [0.5, 0.6) is 5.75 Å². The Hall–Kier alpha value is -2.20. The van der Waals surface area contributed by atoms with Gasteiger partial charge in [0.05, 0.1) is 13.5 Å². The van der Waals surface area contributed by atoms with Gasteiger partial charge in [0.25, 0.3) is 0 Å². The lowest BCUT2D eigenvalue weighted by molar-refractivity contribution is -0.136. The van der Waals surface area contributed by atoms with Crippen molar-refractivity contribution in [1.29, 1.82) is 5.26 Å². The number of nitriles is 1. The lowest BCUT2D eigenvalue weighted by Gasteiger charge is -2.07. The molecule has 0 heterocycles. The third-order valence-corrected chi connectivity index (χ3v) is 2.76. The third-order valence-electron chi connectivity index (χ3n) is 2.18. The molecule has 0 aliphatic heterocycles. The molecule has 2 N–H and O–H groups in total. The molecule has 6 nitrogen and oxygen atoms in total. The number of amidine groups is 1. The van der Waals surface area contributed by atoms with Gasteiger partial charge in [-0.2, -0.15) is 5.26 Å². The van der Waals surface area contributed by atoms with Crippen LogP contribution < -0.4 is 10.1 Å². The van der Waals surface area contributed by atoms with Crippen molar-refractivity contribution < 1.29 is 14.6 Å². The maximum atomic E-state index is 10.7. The summed E-state index contributed by atoms with van der Waals surface area (Å²) in [5.41, 5.74) is 1.10. The van der Waals surface area contributed by atoms with Crippen LogP contribution >= 0.6 is 11.8 Å². The lowest BCUT2D eigenvalue weighted by atomic mass is 10.1. The third kappa shape index (κ3) is 4.52. The number of carboxylic acids is 1. The van der Waals surface area contributed by atoms with Crippen molar-refractivity contribution in [3.63, 3.8) is 0 Å². The van der Waals surface area contributed by atoms with Crippen LogP contribution in [-0.4, -0.2) is 29.6 Å². The summed E-state index contributed by atoms with van der Waals surface area (Å²) in [4.78, 5) is 14.9. The van der Waals surface area contributed by atoms with E-state index in [1.807, 2.05) is 0 Å². The number of aliphatic carboxylic acids is 1. The van der Waals surface area contributed by atoms with E-state index in [9.17, 15) is 4.79 Å². The Morgan fingerprint density at radius 1 is 1.63 bits per heavy atom. The number of benzene rings is 1. The Kier molecular flexibility index (Phi) is 5.70. The molecule has 0 aliphatic carbocycles. The number of hydrogen-bond donors (Lipinski definition) is 2. The van der Waals surface area contributed by atoms with Crippen molar-refractivity contribution in [3.8, 4) is 11.9 Å². The van der Waals surface area contributed by atoms with Gasteiger partial charge in [-0.1, -0.05) is 17.8 Å². The van der Waals surface area contributed by atoms with Crippen molar-refractivity contribution in [1.82, 2.24) is 5.32 Å². The van der Waals surface area contributed by atoms with Gasteiger partial charge < -0.3 is 9.84 Å². The minimum atomic E-state index is -0.916. The van der Waals surface area contributed by atoms with Crippen molar-refractivity contribution in [2.45, 2.75) is 6.42 Å². The molecule has 0 bridgehead atoms. The van der Waals surface area contributed by atoms with Crippen molar-refractivity contribution >= 4 is 28.6 Å². The average Bonchev–Trinajstić information content (AvgIpc) is 2.38. The van der Waals surface area contributed by atoms with E-state index < -0.39 is 5.97 Å². The summed E-state index contributed by atoms with van der Waals surface area (Å²) >= 11 is 1.27. The molecule has 0 atom stereocenters. The first-order valence-electron chi connectivity index (χ1n) is 5.27. The fraction of sp³-hybridized carbons (Fsp3) is 0.250. The number of carbonyl (C=O) groups is 1. The smallest absolute Gasteiger partial charge is 0.307 e. The Labute approximate surface area is 115 Å². The molecule has 0 saturated heterocycles. The monoisotopic (exact) mass is 279 g/mol. The molecule has 7 heteroatoms. The number of thioether (sulfide) groups is 1. The van der Waals surface area contributed by atoms with Gasteiger partial charge in [0, 0.05) is 0 Å². The summed E-state index contributed by atoms with van der Waals surface area (Å²) in [7, 11) is 1.50. The number of rotatable bonds is 4. The van der Waals surface area contributed by atoms with Crippen LogP contribution in [-0.2, 0) is 11.2 Å². The van der Waals surface area contributed by atoms with Gasteiger partial charge in [0.2, 0.25) is 0 Å². The van der Waals surface area contributed by atoms with E-state index in [-0.39, 0.29) is 6.42 Å². The summed E-state index contributed by atoms with van der Waals surface area (Å²) in [6, 6.07) is 4.95. The van der Waals surface area contributed by atoms with Crippen LogP contribution in [0.3, 0.4) is 0 Å². The number of hydrogen-bond acceptors (Lipinski definition) is 5. The molecule has 1 aromatic rings. The first-order chi connectivity index (χ1) is 9.10. The fourth-order valence-electron chi connectivity index (χ4n) is 1.39. The molecule has 19 heavy (non-hydrogen) atoms.